The van der Waals surface area contributed by atoms with Gasteiger partial charge in [0.2, 0.25) is 11.8 Å². The first-order valence-electron chi connectivity index (χ1n) is 8.35. The van der Waals surface area contributed by atoms with Crippen LogP contribution in [0.5, 0.6) is 11.5 Å². The van der Waals surface area contributed by atoms with Crippen molar-refractivity contribution in [2.75, 3.05) is 20.8 Å². The summed E-state index contributed by atoms with van der Waals surface area (Å²) in [4.78, 5) is 24.7. The van der Waals surface area contributed by atoms with Crippen LogP contribution in [0.3, 0.4) is 0 Å². The maximum absolute atomic E-state index is 12.4. The van der Waals surface area contributed by atoms with E-state index in [1.54, 1.807) is 20.3 Å². The molecule has 0 bridgehead atoms. The second-order valence-corrected chi connectivity index (χ2v) is 6.06. The van der Waals surface area contributed by atoms with Crippen LogP contribution in [0.15, 0.2) is 18.2 Å². The molecule has 1 aliphatic rings. The number of benzene rings is 1. The molecule has 0 radical (unpaired) electrons. The maximum atomic E-state index is 12.4. The number of hydrogen-bond donors (Lipinski definition) is 2. The van der Waals surface area contributed by atoms with Gasteiger partial charge in [-0.25, -0.2) is 0 Å². The van der Waals surface area contributed by atoms with Crippen LogP contribution >= 0.6 is 0 Å². The van der Waals surface area contributed by atoms with Gasteiger partial charge in [0.15, 0.2) is 11.5 Å². The van der Waals surface area contributed by atoms with Crippen molar-refractivity contribution in [3.8, 4) is 11.5 Å². The zero-order valence-corrected chi connectivity index (χ0v) is 14.6. The minimum atomic E-state index is -0.871. The van der Waals surface area contributed by atoms with Gasteiger partial charge in [0, 0.05) is 13.1 Å². The zero-order valence-electron chi connectivity index (χ0n) is 14.6. The molecule has 2 rings (SSSR count). The molecule has 2 amide bonds. The predicted molar refractivity (Wildman–Crippen MR) is 91.0 cm³/mol. The number of hydrogen-bond acceptors (Lipinski definition) is 4. The fourth-order valence-corrected chi connectivity index (χ4v) is 2.57. The third-order valence-corrected chi connectivity index (χ3v) is 4.34. The number of carbonyl (C=O) groups excluding carboxylic acids is 2. The molecule has 0 atom stereocenters. The molecule has 0 unspecified atom stereocenters. The lowest BCUT2D eigenvalue weighted by atomic mass is 10.0. The average Bonchev–Trinajstić information content (AvgIpc) is 3.41. The Hall–Kier alpha value is -2.24. The van der Waals surface area contributed by atoms with E-state index in [0.717, 1.165) is 18.4 Å². The molecule has 6 heteroatoms. The van der Waals surface area contributed by atoms with E-state index in [2.05, 4.69) is 17.6 Å². The first kappa shape index (κ1) is 18.1. The molecule has 0 aliphatic heterocycles. The van der Waals surface area contributed by atoms with Crippen molar-refractivity contribution in [1.29, 1.82) is 0 Å². The molecule has 1 aromatic rings. The van der Waals surface area contributed by atoms with Crippen LogP contribution in [-0.2, 0) is 16.1 Å². The van der Waals surface area contributed by atoms with Crippen LogP contribution in [0.25, 0.3) is 0 Å². The van der Waals surface area contributed by atoms with Crippen LogP contribution < -0.4 is 20.1 Å². The van der Waals surface area contributed by atoms with Crippen LogP contribution in [0.2, 0.25) is 0 Å². The average molecular weight is 334 g/mol. The Morgan fingerprint density at radius 3 is 2.33 bits per heavy atom. The summed E-state index contributed by atoms with van der Waals surface area (Å²) in [5, 5.41) is 5.73. The Labute approximate surface area is 142 Å². The van der Waals surface area contributed by atoms with E-state index >= 15 is 0 Å². The van der Waals surface area contributed by atoms with Gasteiger partial charge in [-0.2, -0.15) is 0 Å². The van der Waals surface area contributed by atoms with Crippen molar-refractivity contribution in [2.24, 2.45) is 5.41 Å². The Morgan fingerprint density at radius 2 is 1.75 bits per heavy atom. The number of ether oxygens (including phenoxy) is 2. The van der Waals surface area contributed by atoms with Crippen LogP contribution in [-0.4, -0.2) is 32.6 Å². The third kappa shape index (κ3) is 3.99. The standard InChI is InChI=1S/C18H26N2O4/c1-4-5-10-19-16(21)18(8-9-18)17(22)20-12-13-6-7-14(23-2)15(11-13)24-3/h6-7,11H,4-5,8-10,12H2,1-3H3,(H,19,21)(H,20,22). The van der Waals surface area contributed by atoms with E-state index < -0.39 is 5.41 Å². The number of methoxy groups -OCH3 is 2. The van der Waals surface area contributed by atoms with Crippen molar-refractivity contribution < 1.29 is 19.1 Å². The highest BCUT2D eigenvalue weighted by Crippen LogP contribution is 2.46. The van der Waals surface area contributed by atoms with Gasteiger partial charge in [-0.15, -0.1) is 0 Å². The second kappa shape index (κ2) is 8.04. The molecular formula is C18H26N2O4. The van der Waals surface area contributed by atoms with Crippen molar-refractivity contribution in [2.45, 2.75) is 39.2 Å². The van der Waals surface area contributed by atoms with Gasteiger partial charge >= 0.3 is 0 Å². The Kier molecular flexibility index (Phi) is 6.06. The van der Waals surface area contributed by atoms with E-state index in [9.17, 15) is 9.59 Å². The highest BCUT2D eigenvalue weighted by atomic mass is 16.5. The maximum Gasteiger partial charge on any atom is 0.235 e. The van der Waals surface area contributed by atoms with Crippen LogP contribution in [0.1, 0.15) is 38.2 Å². The van der Waals surface area contributed by atoms with Crippen molar-refractivity contribution >= 4 is 11.8 Å². The Morgan fingerprint density at radius 1 is 1.08 bits per heavy atom. The van der Waals surface area contributed by atoms with E-state index in [1.165, 1.54) is 0 Å². The van der Waals surface area contributed by atoms with Gasteiger partial charge < -0.3 is 20.1 Å². The first-order valence-corrected chi connectivity index (χ1v) is 8.35. The summed E-state index contributed by atoms with van der Waals surface area (Å²) in [7, 11) is 3.15. The molecule has 1 aromatic carbocycles. The summed E-state index contributed by atoms with van der Waals surface area (Å²) in [6.07, 6.45) is 3.17. The normalized spacial score (nSPS) is 14.6. The third-order valence-electron chi connectivity index (χ3n) is 4.34. The Balaban J connectivity index is 1.92. The number of amides is 2. The fourth-order valence-electron chi connectivity index (χ4n) is 2.57. The van der Waals surface area contributed by atoms with Crippen LogP contribution in [0.4, 0.5) is 0 Å². The van der Waals surface area contributed by atoms with E-state index in [0.29, 0.717) is 37.4 Å². The molecule has 24 heavy (non-hydrogen) atoms. The quantitative estimate of drug-likeness (QED) is 0.535. The topological polar surface area (TPSA) is 76.7 Å². The minimum absolute atomic E-state index is 0.152. The lowest BCUT2D eigenvalue weighted by Crippen LogP contribution is -2.43. The SMILES string of the molecule is CCCCNC(=O)C1(C(=O)NCc2ccc(OC)c(OC)c2)CC1. The highest BCUT2D eigenvalue weighted by molar-refractivity contribution is 6.07. The first-order chi connectivity index (χ1) is 11.6. The van der Waals surface area contributed by atoms with E-state index in [-0.39, 0.29) is 11.8 Å². The molecule has 1 aliphatic carbocycles. The van der Waals surface area contributed by atoms with Crippen molar-refractivity contribution in [1.82, 2.24) is 10.6 Å². The summed E-state index contributed by atoms with van der Waals surface area (Å²) < 4.78 is 10.4. The number of unbranched alkanes of at least 4 members (excludes halogenated alkanes) is 1. The summed E-state index contributed by atoms with van der Waals surface area (Å²) in [5.41, 5.74) is 0.0211. The summed E-state index contributed by atoms with van der Waals surface area (Å²) in [6, 6.07) is 5.48. The highest BCUT2D eigenvalue weighted by Gasteiger charge is 2.56. The van der Waals surface area contributed by atoms with Gasteiger partial charge in [0.05, 0.1) is 14.2 Å². The smallest absolute Gasteiger partial charge is 0.235 e. The van der Waals surface area contributed by atoms with E-state index in [4.69, 9.17) is 9.47 Å². The summed E-state index contributed by atoms with van der Waals surface area (Å²) >= 11 is 0. The summed E-state index contributed by atoms with van der Waals surface area (Å²) in [5.74, 6) is 0.899. The zero-order chi connectivity index (χ0) is 17.6. The van der Waals surface area contributed by atoms with Gasteiger partial charge in [-0.05, 0) is 37.0 Å². The number of nitrogens with one attached hydrogen (secondary N) is 2. The van der Waals surface area contributed by atoms with Crippen molar-refractivity contribution in [3.05, 3.63) is 23.8 Å². The molecule has 0 heterocycles. The van der Waals surface area contributed by atoms with Gasteiger partial charge in [-0.1, -0.05) is 19.4 Å². The molecule has 0 spiro atoms. The lowest BCUT2D eigenvalue weighted by molar-refractivity contribution is -0.137. The monoisotopic (exact) mass is 334 g/mol. The van der Waals surface area contributed by atoms with Crippen molar-refractivity contribution in [3.63, 3.8) is 0 Å². The fraction of sp³-hybridized carbons (Fsp3) is 0.556. The van der Waals surface area contributed by atoms with E-state index in [1.807, 2.05) is 12.1 Å². The van der Waals surface area contributed by atoms with Gasteiger partial charge in [0.25, 0.3) is 0 Å². The largest absolute Gasteiger partial charge is 0.493 e. The predicted octanol–water partition coefficient (Wildman–Crippen LogP) is 2.02. The molecule has 132 valence electrons. The van der Waals surface area contributed by atoms with Crippen LogP contribution in [0, 0.1) is 5.41 Å². The lowest BCUT2D eigenvalue weighted by Gasteiger charge is -2.16. The van der Waals surface area contributed by atoms with Gasteiger partial charge in [-0.3, -0.25) is 9.59 Å². The van der Waals surface area contributed by atoms with Gasteiger partial charge in [0.1, 0.15) is 5.41 Å². The number of carbonyl (C=O) groups is 2. The summed E-state index contributed by atoms with van der Waals surface area (Å²) in [6.45, 7) is 3.04. The second-order valence-electron chi connectivity index (χ2n) is 6.06. The molecular weight excluding hydrogens is 308 g/mol. The molecule has 6 nitrogen and oxygen atoms in total. The number of rotatable bonds is 9. The molecule has 1 saturated carbocycles. The Bertz CT molecular complexity index is 597. The minimum Gasteiger partial charge on any atom is -0.493 e. The molecule has 0 saturated heterocycles. The molecule has 1 fully saturated rings. The molecule has 2 N–H and O–H groups in total. The molecule has 0 aromatic heterocycles.